The maximum absolute atomic E-state index is 12.8. The lowest BCUT2D eigenvalue weighted by molar-refractivity contribution is -0.137. The average Bonchev–Trinajstić information content (AvgIpc) is 3.00. The number of halogens is 3. The first-order valence-corrected chi connectivity index (χ1v) is 7.48. The lowest BCUT2D eigenvalue weighted by Crippen LogP contribution is -2.28. The summed E-state index contributed by atoms with van der Waals surface area (Å²) in [7, 11) is 0. The molecule has 1 amide bonds. The summed E-state index contributed by atoms with van der Waals surface area (Å²) in [6.07, 6.45) is -5.09. The molecule has 1 aromatic carbocycles. The lowest BCUT2D eigenvalue weighted by Gasteiger charge is -2.13. The van der Waals surface area contributed by atoms with Gasteiger partial charge < -0.3 is 10.4 Å². The topological polar surface area (TPSA) is 49.3 Å². The number of carbonyl (C=O) groups excluding carboxylic acids is 1. The van der Waals surface area contributed by atoms with E-state index >= 15 is 0 Å². The quantitative estimate of drug-likeness (QED) is 0.880. The summed E-state index contributed by atoms with van der Waals surface area (Å²) < 4.78 is 38.5. The number of hydrogen-bond donors (Lipinski definition) is 2. The molecule has 2 rings (SSSR count). The number of rotatable bonds is 5. The van der Waals surface area contributed by atoms with E-state index in [0.29, 0.717) is 0 Å². The second kappa shape index (κ2) is 6.93. The summed E-state index contributed by atoms with van der Waals surface area (Å²) in [5.41, 5.74) is -0.652. The zero-order valence-corrected chi connectivity index (χ0v) is 12.2. The van der Waals surface area contributed by atoms with Crippen molar-refractivity contribution >= 4 is 17.2 Å². The van der Waals surface area contributed by atoms with Gasteiger partial charge in [0, 0.05) is 6.54 Å². The standard InChI is InChI=1S/C15H14F3NO2S/c16-15(17,18)12-4-2-1-3-11(12)14(21)19-7-5-13(20)10-6-8-22-9-10/h1-4,6,8-9,13,20H,5,7H2,(H,19,21)/t13-/m0/s1. The Balaban J connectivity index is 1.96. The molecule has 1 aromatic heterocycles. The fourth-order valence-electron chi connectivity index (χ4n) is 1.98. The van der Waals surface area contributed by atoms with Crippen LogP contribution in [-0.2, 0) is 6.18 Å². The predicted octanol–water partition coefficient (Wildman–Crippen LogP) is 3.62. The van der Waals surface area contributed by atoms with Crippen LogP contribution in [0.2, 0.25) is 0 Å². The number of thiophene rings is 1. The molecule has 7 heteroatoms. The maximum atomic E-state index is 12.8. The SMILES string of the molecule is O=C(NCC[C@H](O)c1ccsc1)c1ccccc1C(F)(F)F. The highest BCUT2D eigenvalue weighted by molar-refractivity contribution is 7.07. The molecule has 2 aromatic rings. The van der Waals surface area contributed by atoms with Gasteiger partial charge in [-0.05, 0) is 40.9 Å². The molecular formula is C15H14F3NO2S. The van der Waals surface area contributed by atoms with Gasteiger partial charge in [-0.1, -0.05) is 12.1 Å². The number of benzene rings is 1. The molecular weight excluding hydrogens is 315 g/mol. The van der Waals surface area contributed by atoms with Crippen molar-refractivity contribution in [3.8, 4) is 0 Å². The normalized spacial score (nSPS) is 12.9. The van der Waals surface area contributed by atoms with E-state index in [1.807, 2.05) is 5.38 Å². The molecule has 0 radical (unpaired) electrons. The number of alkyl halides is 3. The van der Waals surface area contributed by atoms with E-state index in [1.165, 1.54) is 23.5 Å². The molecule has 22 heavy (non-hydrogen) atoms. The summed E-state index contributed by atoms with van der Waals surface area (Å²) in [4.78, 5) is 11.9. The van der Waals surface area contributed by atoms with Crippen LogP contribution in [0.1, 0.15) is 34.0 Å². The van der Waals surface area contributed by atoms with Crippen molar-refractivity contribution < 1.29 is 23.1 Å². The molecule has 0 aliphatic heterocycles. The fraction of sp³-hybridized carbons (Fsp3) is 0.267. The van der Waals surface area contributed by atoms with Crippen LogP contribution >= 0.6 is 11.3 Å². The third-order valence-electron chi connectivity index (χ3n) is 3.11. The van der Waals surface area contributed by atoms with Crippen molar-refractivity contribution in [1.82, 2.24) is 5.32 Å². The van der Waals surface area contributed by atoms with Crippen molar-refractivity contribution in [3.05, 3.63) is 57.8 Å². The van der Waals surface area contributed by atoms with Crippen LogP contribution in [0, 0.1) is 0 Å². The first kappa shape index (κ1) is 16.5. The highest BCUT2D eigenvalue weighted by Gasteiger charge is 2.34. The largest absolute Gasteiger partial charge is 0.417 e. The van der Waals surface area contributed by atoms with E-state index in [-0.39, 0.29) is 13.0 Å². The second-order valence-electron chi connectivity index (χ2n) is 4.66. The molecule has 1 heterocycles. The molecule has 0 unspecified atom stereocenters. The number of hydrogen-bond acceptors (Lipinski definition) is 3. The molecule has 0 fully saturated rings. The number of aliphatic hydroxyl groups is 1. The van der Waals surface area contributed by atoms with Gasteiger partial charge in [0.25, 0.3) is 5.91 Å². The minimum absolute atomic E-state index is 0.0854. The van der Waals surface area contributed by atoms with Gasteiger partial charge >= 0.3 is 6.18 Å². The number of amides is 1. The summed E-state index contributed by atoms with van der Waals surface area (Å²) in [6.45, 7) is 0.0854. The number of aliphatic hydroxyl groups excluding tert-OH is 1. The molecule has 0 spiro atoms. The van der Waals surface area contributed by atoms with E-state index in [1.54, 1.807) is 11.4 Å². The van der Waals surface area contributed by atoms with Crippen molar-refractivity contribution in [1.29, 1.82) is 0 Å². The first-order valence-electron chi connectivity index (χ1n) is 6.54. The van der Waals surface area contributed by atoms with Gasteiger partial charge in [-0.15, -0.1) is 0 Å². The van der Waals surface area contributed by atoms with Crippen molar-refractivity contribution in [2.24, 2.45) is 0 Å². The summed E-state index contributed by atoms with van der Waals surface area (Å²) >= 11 is 1.44. The van der Waals surface area contributed by atoms with E-state index in [4.69, 9.17) is 0 Å². The van der Waals surface area contributed by atoms with Gasteiger partial charge in [-0.3, -0.25) is 4.79 Å². The Morgan fingerprint density at radius 3 is 2.64 bits per heavy atom. The van der Waals surface area contributed by atoms with Gasteiger partial charge in [-0.25, -0.2) is 0 Å². The Hall–Kier alpha value is -1.86. The average molecular weight is 329 g/mol. The highest BCUT2D eigenvalue weighted by atomic mass is 32.1. The van der Waals surface area contributed by atoms with Crippen LogP contribution in [0.5, 0.6) is 0 Å². The third-order valence-corrected chi connectivity index (χ3v) is 3.81. The van der Waals surface area contributed by atoms with Crippen LogP contribution in [0.25, 0.3) is 0 Å². The van der Waals surface area contributed by atoms with Crippen LogP contribution in [0.15, 0.2) is 41.1 Å². The van der Waals surface area contributed by atoms with Gasteiger partial charge in [0.2, 0.25) is 0 Å². The van der Waals surface area contributed by atoms with Crippen molar-refractivity contribution in [2.45, 2.75) is 18.7 Å². The van der Waals surface area contributed by atoms with Crippen LogP contribution in [0.4, 0.5) is 13.2 Å². The van der Waals surface area contributed by atoms with Crippen molar-refractivity contribution in [2.75, 3.05) is 6.54 Å². The van der Waals surface area contributed by atoms with E-state index < -0.39 is 29.3 Å². The fourth-order valence-corrected chi connectivity index (χ4v) is 2.68. The van der Waals surface area contributed by atoms with Gasteiger partial charge in [-0.2, -0.15) is 24.5 Å². The van der Waals surface area contributed by atoms with E-state index in [9.17, 15) is 23.1 Å². The first-order chi connectivity index (χ1) is 10.4. The van der Waals surface area contributed by atoms with Crippen LogP contribution in [-0.4, -0.2) is 17.6 Å². The number of nitrogens with one attached hydrogen (secondary N) is 1. The molecule has 118 valence electrons. The third kappa shape index (κ3) is 4.08. The van der Waals surface area contributed by atoms with Gasteiger partial charge in [0.05, 0.1) is 17.2 Å². The van der Waals surface area contributed by atoms with Gasteiger partial charge in [0.15, 0.2) is 0 Å². The predicted molar refractivity (Wildman–Crippen MR) is 77.7 cm³/mol. The molecule has 0 aliphatic rings. The second-order valence-corrected chi connectivity index (χ2v) is 5.44. The molecule has 0 saturated carbocycles. The molecule has 0 bridgehead atoms. The highest BCUT2D eigenvalue weighted by Crippen LogP contribution is 2.31. The summed E-state index contributed by atoms with van der Waals surface area (Å²) in [6, 6.07) is 6.38. The minimum Gasteiger partial charge on any atom is -0.388 e. The molecule has 2 N–H and O–H groups in total. The van der Waals surface area contributed by atoms with E-state index in [2.05, 4.69) is 5.32 Å². The summed E-state index contributed by atoms with van der Waals surface area (Å²) in [5, 5.41) is 15.9. The van der Waals surface area contributed by atoms with Crippen molar-refractivity contribution in [3.63, 3.8) is 0 Å². The monoisotopic (exact) mass is 329 g/mol. The Kier molecular flexibility index (Phi) is 5.20. The zero-order valence-electron chi connectivity index (χ0n) is 11.4. The molecule has 0 aliphatic carbocycles. The summed E-state index contributed by atoms with van der Waals surface area (Å²) in [5.74, 6) is -0.801. The van der Waals surface area contributed by atoms with Crippen LogP contribution < -0.4 is 5.32 Å². The molecule has 1 atom stereocenters. The Bertz CT molecular complexity index is 626. The van der Waals surface area contributed by atoms with Crippen LogP contribution in [0.3, 0.4) is 0 Å². The smallest absolute Gasteiger partial charge is 0.388 e. The molecule has 0 saturated heterocycles. The molecule has 3 nitrogen and oxygen atoms in total. The Morgan fingerprint density at radius 2 is 2.00 bits per heavy atom. The Morgan fingerprint density at radius 1 is 1.27 bits per heavy atom. The maximum Gasteiger partial charge on any atom is 0.417 e. The number of carbonyl (C=O) groups is 1. The lowest BCUT2D eigenvalue weighted by atomic mass is 10.1. The van der Waals surface area contributed by atoms with E-state index in [0.717, 1.165) is 17.7 Å². The Labute approximate surface area is 129 Å². The zero-order chi connectivity index (χ0) is 16.2. The van der Waals surface area contributed by atoms with Gasteiger partial charge in [0.1, 0.15) is 0 Å². The minimum atomic E-state index is -4.58.